The van der Waals surface area contributed by atoms with Crippen molar-refractivity contribution < 1.29 is 0 Å². The maximum absolute atomic E-state index is 4.31. The predicted octanol–water partition coefficient (Wildman–Crippen LogP) is 2.02. The molecular weight excluding hydrogens is 268 g/mol. The van der Waals surface area contributed by atoms with Crippen molar-refractivity contribution in [2.45, 2.75) is 38.4 Å². The summed E-state index contributed by atoms with van der Waals surface area (Å²) in [5.41, 5.74) is 0. The maximum Gasteiger partial charge on any atom is 0.191 e. The molecule has 1 aliphatic heterocycles. The Morgan fingerprint density at radius 1 is 1.40 bits per heavy atom. The van der Waals surface area contributed by atoms with Crippen molar-refractivity contribution in [3.05, 3.63) is 0 Å². The van der Waals surface area contributed by atoms with Gasteiger partial charge in [-0.15, -0.1) is 0 Å². The lowest BCUT2D eigenvalue weighted by molar-refractivity contribution is 0.324. The first-order valence-corrected chi connectivity index (χ1v) is 8.95. The van der Waals surface area contributed by atoms with Gasteiger partial charge < -0.3 is 15.5 Å². The van der Waals surface area contributed by atoms with Gasteiger partial charge in [-0.1, -0.05) is 6.92 Å². The van der Waals surface area contributed by atoms with Crippen LogP contribution < -0.4 is 10.6 Å². The van der Waals surface area contributed by atoms with Crippen LogP contribution in [0, 0.1) is 5.92 Å². The van der Waals surface area contributed by atoms with Gasteiger partial charge in [0.15, 0.2) is 5.96 Å². The van der Waals surface area contributed by atoms with Crippen LogP contribution in [0.2, 0.25) is 0 Å². The number of likely N-dealkylation sites (tertiary alicyclic amines) is 1. The number of rotatable bonds is 7. The molecule has 118 valence electrons. The van der Waals surface area contributed by atoms with Gasteiger partial charge in [0.2, 0.25) is 0 Å². The van der Waals surface area contributed by atoms with Crippen molar-refractivity contribution in [2.75, 3.05) is 46.0 Å². The van der Waals surface area contributed by atoms with Crippen molar-refractivity contribution in [3.8, 4) is 0 Å². The average Bonchev–Trinajstić information content (AvgIpc) is 2.87. The zero-order valence-electron chi connectivity index (χ0n) is 13.8. The van der Waals surface area contributed by atoms with Gasteiger partial charge in [-0.05, 0) is 52.0 Å². The monoisotopic (exact) mass is 300 g/mol. The van der Waals surface area contributed by atoms with E-state index in [9.17, 15) is 0 Å². The number of nitrogens with zero attached hydrogens (tertiary/aromatic N) is 2. The lowest BCUT2D eigenvalue weighted by Gasteiger charge is -2.24. The zero-order valence-corrected chi connectivity index (χ0v) is 14.6. The molecule has 2 N–H and O–H groups in total. The van der Waals surface area contributed by atoms with Crippen molar-refractivity contribution in [1.29, 1.82) is 0 Å². The molecule has 0 bridgehead atoms. The largest absolute Gasteiger partial charge is 0.356 e. The van der Waals surface area contributed by atoms with E-state index in [2.05, 4.69) is 47.6 Å². The van der Waals surface area contributed by atoms with Crippen molar-refractivity contribution in [2.24, 2.45) is 10.9 Å². The molecule has 0 radical (unpaired) electrons. The summed E-state index contributed by atoms with van der Waals surface area (Å²) in [4.78, 5) is 6.88. The molecule has 0 spiro atoms. The van der Waals surface area contributed by atoms with Gasteiger partial charge in [-0.2, -0.15) is 11.8 Å². The van der Waals surface area contributed by atoms with Crippen LogP contribution in [-0.4, -0.2) is 61.6 Å². The van der Waals surface area contributed by atoms with E-state index in [0.717, 1.165) is 25.0 Å². The number of guanidine groups is 1. The molecule has 1 aliphatic rings. The summed E-state index contributed by atoms with van der Waals surface area (Å²) in [6.07, 6.45) is 4.71. The van der Waals surface area contributed by atoms with Crippen LogP contribution in [0.15, 0.2) is 4.99 Å². The highest BCUT2D eigenvalue weighted by atomic mass is 32.2. The van der Waals surface area contributed by atoms with Crippen molar-refractivity contribution >= 4 is 17.7 Å². The second-order valence-corrected chi connectivity index (χ2v) is 7.74. The summed E-state index contributed by atoms with van der Waals surface area (Å²) in [6, 6.07) is 0. The quantitative estimate of drug-likeness (QED) is 0.557. The molecule has 0 aromatic carbocycles. The third-order valence-electron chi connectivity index (χ3n) is 3.93. The fraction of sp³-hybridized carbons (Fsp3) is 0.933. The predicted molar refractivity (Wildman–Crippen MR) is 91.8 cm³/mol. The lowest BCUT2D eigenvalue weighted by atomic mass is 10.1. The van der Waals surface area contributed by atoms with Gasteiger partial charge in [0.1, 0.15) is 0 Å². The van der Waals surface area contributed by atoms with E-state index in [1.165, 1.54) is 32.5 Å². The molecule has 1 heterocycles. The van der Waals surface area contributed by atoms with E-state index >= 15 is 0 Å². The standard InChI is InChI=1S/C15H32N4S/c1-6-8-19-9-7-13(11-19)10-17-14(16-4)18-12-15(2,3)20-5/h13H,6-12H2,1-5H3,(H2,16,17,18). The van der Waals surface area contributed by atoms with E-state index in [4.69, 9.17) is 0 Å². The Labute approximate surface area is 129 Å². The van der Waals surface area contributed by atoms with Crippen LogP contribution in [0.25, 0.3) is 0 Å². The Hall–Kier alpha value is -0.420. The van der Waals surface area contributed by atoms with Crippen molar-refractivity contribution in [3.63, 3.8) is 0 Å². The van der Waals surface area contributed by atoms with Crippen LogP contribution in [0.1, 0.15) is 33.6 Å². The summed E-state index contributed by atoms with van der Waals surface area (Å²) in [5.74, 6) is 1.69. The molecule has 0 aromatic rings. The smallest absolute Gasteiger partial charge is 0.191 e. The zero-order chi connectivity index (χ0) is 15.0. The Balaban J connectivity index is 2.25. The molecule has 5 heteroatoms. The highest BCUT2D eigenvalue weighted by Crippen LogP contribution is 2.19. The summed E-state index contributed by atoms with van der Waals surface area (Å²) in [6.45, 7) is 12.4. The molecule has 1 saturated heterocycles. The fourth-order valence-corrected chi connectivity index (χ4v) is 2.65. The third-order valence-corrected chi connectivity index (χ3v) is 5.18. The first kappa shape index (κ1) is 17.6. The number of aliphatic imine (C=N–C) groups is 1. The Morgan fingerprint density at radius 2 is 2.15 bits per heavy atom. The van der Waals surface area contributed by atoms with E-state index < -0.39 is 0 Å². The van der Waals surface area contributed by atoms with E-state index in [0.29, 0.717) is 0 Å². The summed E-state index contributed by atoms with van der Waals surface area (Å²) < 4.78 is 0.239. The summed E-state index contributed by atoms with van der Waals surface area (Å²) in [7, 11) is 1.85. The van der Waals surface area contributed by atoms with Gasteiger partial charge in [0.25, 0.3) is 0 Å². The lowest BCUT2D eigenvalue weighted by Crippen LogP contribution is -2.44. The van der Waals surface area contributed by atoms with Crippen molar-refractivity contribution in [1.82, 2.24) is 15.5 Å². The molecule has 4 nitrogen and oxygen atoms in total. The average molecular weight is 301 g/mol. The molecule has 0 aliphatic carbocycles. The number of thioether (sulfide) groups is 1. The summed E-state index contributed by atoms with van der Waals surface area (Å²) >= 11 is 1.88. The molecule has 20 heavy (non-hydrogen) atoms. The highest BCUT2D eigenvalue weighted by Gasteiger charge is 2.22. The molecule has 0 amide bonds. The Bertz CT molecular complexity index is 304. The highest BCUT2D eigenvalue weighted by molar-refractivity contribution is 7.99. The minimum Gasteiger partial charge on any atom is -0.356 e. The van der Waals surface area contributed by atoms with Gasteiger partial charge in [-0.3, -0.25) is 4.99 Å². The first-order valence-electron chi connectivity index (χ1n) is 7.72. The van der Waals surface area contributed by atoms with Crippen LogP contribution in [0.4, 0.5) is 0 Å². The topological polar surface area (TPSA) is 39.7 Å². The number of nitrogens with one attached hydrogen (secondary N) is 2. The van der Waals surface area contributed by atoms with Gasteiger partial charge in [0.05, 0.1) is 0 Å². The van der Waals surface area contributed by atoms with Gasteiger partial charge in [-0.25, -0.2) is 0 Å². The minimum absolute atomic E-state index is 0.239. The molecule has 0 saturated carbocycles. The first-order chi connectivity index (χ1) is 9.50. The molecule has 1 unspecified atom stereocenters. The Morgan fingerprint density at radius 3 is 2.75 bits per heavy atom. The van der Waals surface area contributed by atoms with Crippen LogP contribution >= 0.6 is 11.8 Å². The Kier molecular flexibility index (Phi) is 7.74. The molecule has 1 atom stereocenters. The molecular formula is C15H32N4S. The van der Waals surface area contributed by atoms with Gasteiger partial charge in [0, 0.05) is 31.4 Å². The fourth-order valence-electron chi connectivity index (χ4n) is 2.43. The minimum atomic E-state index is 0.239. The summed E-state index contributed by atoms with van der Waals surface area (Å²) in [5, 5.41) is 6.90. The number of hydrogen-bond acceptors (Lipinski definition) is 3. The van der Waals surface area contributed by atoms with Crippen LogP contribution in [0.3, 0.4) is 0 Å². The van der Waals surface area contributed by atoms with E-state index in [-0.39, 0.29) is 4.75 Å². The second-order valence-electron chi connectivity index (χ2n) is 6.23. The van der Waals surface area contributed by atoms with E-state index in [1.807, 2.05) is 18.8 Å². The van der Waals surface area contributed by atoms with Gasteiger partial charge >= 0.3 is 0 Å². The third kappa shape index (κ3) is 6.35. The maximum atomic E-state index is 4.31. The SMILES string of the molecule is CCCN1CCC(CNC(=NC)NCC(C)(C)SC)C1. The normalized spacial score (nSPS) is 21.2. The van der Waals surface area contributed by atoms with E-state index in [1.54, 1.807) is 0 Å². The number of hydrogen-bond donors (Lipinski definition) is 2. The second kappa shape index (κ2) is 8.78. The van der Waals surface area contributed by atoms with Crippen LogP contribution in [-0.2, 0) is 0 Å². The molecule has 1 rings (SSSR count). The van der Waals surface area contributed by atoms with Crippen LogP contribution in [0.5, 0.6) is 0 Å². The molecule has 0 aromatic heterocycles. The molecule has 1 fully saturated rings.